The van der Waals surface area contributed by atoms with E-state index in [1.165, 1.54) is 11.3 Å². The van der Waals surface area contributed by atoms with Crippen molar-refractivity contribution in [2.75, 3.05) is 13.7 Å². The fourth-order valence-electron chi connectivity index (χ4n) is 3.06. The van der Waals surface area contributed by atoms with Gasteiger partial charge in [0.2, 0.25) is 0 Å². The van der Waals surface area contributed by atoms with Gasteiger partial charge in [-0.05, 0) is 45.4 Å². The highest BCUT2D eigenvalue weighted by Crippen LogP contribution is 2.24. The van der Waals surface area contributed by atoms with Crippen LogP contribution in [0.4, 0.5) is 0 Å². The fourth-order valence-corrected chi connectivity index (χ4v) is 4.03. The molecule has 2 aromatic heterocycles. The molecule has 0 aliphatic rings. The highest BCUT2D eigenvalue weighted by atomic mass is 127. The third kappa shape index (κ3) is 6.28. The number of aliphatic imine (C=N–C) groups is 1. The van der Waals surface area contributed by atoms with Crippen LogP contribution in [-0.2, 0) is 11.3 Å². The van der Waals surface area contributed by atoms with Crippen molar-refractivity contribution in [3.63, 3.8) is 0 Å². The Morgan fingerprint density at radius 1 is 1.28 bits per heavy atom. The van der Waals surface area contributed by atoms with Gasteiger partial charge in [-0.1, -0.05) is 18.2 Å². The van der Waals surface area contributed by atoms with Gasteiger partial charge < -0.3 is 15.4 Å². The number of ether oxygens (including phenoxy) is 1. The van der Waals surface area contributed by atoms with Crippen molar-refractivity contribution in [2.24, 2.45) is 4.99 Å². The summed E-state index contributed by atoms with van der Waals surface area (Å²) in [4.78, 5) is 21.5. The van der Waals surface area contributed by atoms with Crippen LogP contribution in [0.2, 0.25) is 0 Å². The highest BCUT2D eigenvalue weighted by Gasteiger charge is 2.20. The Morgan fingerprint density at radius 2 is 2.03 bits per heavy atom. The van der Waals surface area contributed by atoms with Crippen molar-refractivity contribution in [3.05, 3.63) is 63.4 Å². The topological polar surface area (TPSA) is 93.4 Å². The van der Waals surface area contributed by atoms with Gasteiger partial charge in [-0.2, -0.15) is 5.10 Å². The van der Waals surface area contributed by atoms with E-state index >= 15 is 0 Å². The molecule has 1 unspecified atom stereocenters. The average Bonchev–Trinajstić information content (AvgIpc) is 3.37. The molecule has 2 N–H and O–H groups in total. The van der Waals surface area contributed by atoms with Crippen LogP contribution in [-0.4, -0.2) is 40.3 Å². The Hall–Kier alpha value is -2.47. The fraction of sp³-hybridized carbons (Fsp3) is 0.364. The number of para-hydroxylation sites is 1. The monoisotopic (exact) mass is 568 g/mol. The Balaban J connectivity index is 0.00000363. The number of halogens is 1. The lowest BCUT2D eigenvalue weighted by atomic mass is 10.2. The molecule has 1 aromatic carbocycles. The lowest BCUT2D eigenvalue weighted by Crippen LogP contribution is -2.38. The van der Waals surface area contributed by atoms with E-state index in [9.17, 15) is 4.79 Å². The van der Waals surface area contributed by atoms with Crippen LogP contribution in [0.25, 0.3) is 5.69 Å². The van der Waals surface area contributed by atoms with Crippen LogP contribution in [0.1, 0.15) is 51.5 Å². The minimum atomic E-state index is -0.330. The van der Waals surface area contributed by atoms with E-state index in [4.69, 9.17) is 4.74 Å². The van der Waals surface area contributed by atoms with Gasteiger partial charge in [0.1, 0.15) is 9.88 Å². The molecule has 0 radical (unpaired) electrons. The molecule has 3 aromatic rings. The maximum atomic E-state index is 12.1. The van der Waals surface area contributed by atoms with Gasteiger partial charge in [0.05, 0.1) is 29.7 Å². The third-order valence-corrected chi connectivity index (χ3v) is 5.95. The second-order valence-electron chi connectivity index (χ2n) is 7.01. The zero-order chi connectivity index (χ0) is 22.4. The molecule has 0 aliphatic carbocycles. The van der Waals surface area contributed by atoms with Crippen molar-refractivity contribution in [2.45, 2.75) is 40.3 Å². The molecule has 0 bridgehead atoms. The molecule has 8 nitrogen and oxygen atoms in total. The van der Waals surface area contributed by atoms with Crippen LogP contribution >= 0.6 is 35.3 Å². The first-order valence-corrected chi connectivity index (χ1v) is 11.0. The number of carbonyl (C=O) groups excluding carboxylic acids is 1. The third-order valence-electron chi connectivity index (χ3n) is 4.63. The molecule has 2 heterocycles. The first-order valence-electron chi connectivity index (χ1n) is 10.1. The number of hydrogen-bond donors (Lipinski definition) is 2. The summed E-state index contributed by atoms with van der Waals surface area (Å²) in [5.74, 6) is 0.313. The zero-order valence-corrected chi connectivity index (χ0v) is 22.0. The normalized spacial score (nSPS) is 12.1. The Bertz CT molecular complexity index is 1080. The van der Waals surface area contributed by atoms with Gasteiger partial charge in [-0.15, -0.1) is 35.3 Å². The van der Waals surface area contributed by atoms with Gasteiger partial charge in [0, 0.05) is 19.8 Å². The van der Waals surface area contributed by atoms with E-state index in [0.717, 1.165) is 22.0 Å². The first-order chi connectivity index (χ1) is 14.9. The molecule has 0 fully saturated rings. The number of rotatable bonds is 7. The molecule has 172 valence electrons. The summed E-state index contributed by atoms with van der Waals surface area (Å²) < 4.78 is 6.98. The minimum absolute atomic E-state index is 0. The lowest BCUT2D eigenvalue weighted by molar-refractivity contribution is 0.0531. The summed E-state index contributed by atoms with van der Waals surface area (Å²) in [7, 11) is 1.72. The summed E-state index contributed by atoms with van der Waals surface area (Å²) in [6.45, 7) is 8.49. The Morgan fingerprint density at radius 3 is 2.69 bits per heavy atom. The van der Waals surface area contributed by atoms with Crippen LogP contribution in [0, 0.1) is 13.8 Å². The molecule has 1 atom stereocenters. The molecule has 0 saturated carbocycles. The Kier molecular flexibility index (Phi) is 9.63. The number of hydrogen-bond acceptors (Lipinski definition) is 6. The summed E-state index contributed by atoms with van der Waals surface area (Å²) >= 11 is 1.34. The predicted octanol–water partition coefficient (Wildman–Crippen LogP) is 4.17. The maximum Gasteiger partial charge on any atom is 0.350 e. The van der Waals surface area contributed by atoms with Gasteiger partial charge >= 0.3 is 5.97 Å². The van der Waals surface area contributed by atoms with Crippen LogP contribution in [0.3, 0.4) is 0 Å². The lowest BCUT2D eigenvalue weighted by Gasteiger charge is -2.17. The van der Waals surface area contributed by atoms with Crippen LogP contribution in [0.5, 0.6) is 0 Å². The molecule has 0 aliphatic heterocycles. The first kappa shape index (κ1) is 25.8. The highest BCUT2D eigenvalue weighted by molar-refractivity contribution is 14.0. The van der Waals surface area contributed by atoms with E-state index in [1.807, 2.05) is 55.9 Å². The Labute approximate surface area is 209 Å². The SMILES string of the molecule is CCOC(=O)c1sc(C(C)NC(=NC)NCc2ccccc2-n2ccc(C)n2)nc1C.I. The molecule has 0 amide bonds. The second-order valence-corrected chi connectivity index (χ2v) is 8.04. The van der Waals surface area contributed by atoms with Gasteiger partial charge in [0.25, 0.3) is 0 Å². The predicted molar refractivity (Wildman–Crippen MR) is 138 cm³/mol. The standard InChI is InChI=1S/C22H28N6O2S.HI/c1-6-30-21(29)19-15(3)25-20(31-19)16(4)26-22(23-5)24-13-17-9-7-8-10-18(17)28-12-11-14(2)27-28;/h7-12,16H,6,13H2,1-5H3,(H2,23,24,26);1H. The number of aromatic nitrogens is 3. The minimum Gasteiger partial charge on any atom is -0.462 e. The second kappa shape index (κ2) is 12.0. The molecule has 3 rings (SSSR count). The van der Waals surface area contributed by atoms with E-state index in [1.54, 1.807) is 14.0 Å². The molecule has 0 saturated heterocycles. The van der Waals surface area contributed by atoms with Gasteiger partial charge in [-0.25, -0.2) is 14.5 Å². The van der Waals surface area contributed by atoms with E-state index < -0.39 is 0 Å². The summed E-state index contributed by atoms with van der Waals surface area (Å²) in [5.41, 5.74) is 3.76. The zero-order valence-electron chi connectivity index (χ0n) is 18.9. The quantitative estimate of drug-likeness (QED) is 0.193. The maximum absolute atomic E-state index is 12.1. The number of aryl methyl sites for hydroxylation is 2. The number of carbonyl (C=O) groups is 1. The van der Waals surface area contributed by atoms with E-state index in [-0.39, 0.29) is 36.0 Å². The molecular formula is C22H29IN6O2S. The van der Waals surface area contributed by atoms with Crippen molar-refractivity contribution in [1.82, 2.24) is 25.4 Å². The molecular weight excluding hydrogens is 539 g/mol. The summed E-state index contributed by atoms with van der Waals surface area (Å²) in [6, 6.07) is 9.96. The van der Waals surface area contributed by atoms with Crippen molar-refractivity contribution < 1.29 is 9.53 Å². The molecule has 0 spiro atoms. The molecule has 10 heteroatoms. The molecule has 32 heavy (non-hydrogen) atoms. The average molecular weight is 568 g/mol. The van der Waals surface area contributed by atoms with E-state index in [2.05, 4.69) is 31.8 Å². The smallest absolute Gasteiger partial charge is 0.350 e. The largest absolute Gasteiger partial charge is 0.462 e. The number of nitrogens with one attached hydrogen (secondary N) is 2. The number of benzene rings is 1. The van der Waals surface area contributed by atoms with Gasteiger partial charge in [-0.3, -0.25) is 4.99 Å². The number of nitrogens with zero attached hydrogens (tertiary/aromatic N) is 4. The van der Waals surface area contributed by atoms with Crippen molar-refractivity contribution in [3.8, 4) is 5.69 Å². The van der Waals surface area contributed by atoms with Crippen LogP contribution in [0.15, 0.2) is 41.5 Å². The van der Waals surface area contributed by atoms with Crippen molar-refractivity contribution in [1.29, 1.82) is 0 Å². The number of thiazole rings is 1. The van der Waals surface area contributed by atoms with Crippen LogP contribution < -0.4 is 10.6 Å². The number of esters is 1. The summed E-state index contributed by atoms with van der Waals surface area (Å²) in [6.07, 6.45) is 1.95. The summed E-state index contributed by atoms with van der Waals surface area (Å²) in [5, 5.41) is 12.0. The van der Waals surface area contributed by atoms with Crippen molar-refractivity contribution >= 4 is 47.2 Å². The number of guanidine groups is 1. The van der Waals surface area contributed by atoms with Gasteiger partial charge in [0.15, 0.2) is 5.96 Å². The van der Waals surface area contributed by atoms with E-state index in [0.29, 0.717) is 29.7 Å².